The lowest BCUT2D eigenvalue weighted by Crippen LogP contribution is -2.47. The van der Waals surface area contributed by atoms with Crippen LogP contribution in [0.3, 0.4) is 0 Å². The predicted octanol–water partition coefficient (Wildman–Crippen LogP) is 4.93. The zero-order valence-corrected chi connectivity index (χ0v) is 23.0. The van der Waals surface area contributed by atoms with E-state index in [2.05, 4.69) is 54.6 Å². The van der Waals surface area contributed by atoms with Crippen LogP contribution >= 0.6 is 0 Å². The van der Waals surface area contributed by atoms with Crippen molar-refractivity contribution in [2.75, 3.05) is 37.6 Å². The molecule has 2 aliphatic rings. The second kappa shape index (κ2) is 12.3. The summed E-state index contributed by atoms with van der Waals surface area (Å²) in [5.41, 5.74) is 2.04. The zero-order chi connectivity index (χ0) is 25.5. The van der Waals surface area contributed by atoms with E-state index in [1.807, 2.05) is 6.20 Å². The molecule has 0 N–H and O–H groups in total. The normalized spacial score (nSPS) is 18.1. The number of piperazine rings is 1. The van der Waals surface area contributed by atoms with Crippen LogP contribution < -0.4 is 10.6 Å². The van der Waals surface area contributed by atoms with Crippen LogP contribution in [0.5, 0.6) is 0 Å². The molecular weight excluding hydrogens is 448 g/mol. The molecular formula is C29H46N6O. The molecule has 0 aromatic carbocycles. The molecule has 1 aliphatic carbocycles. The maximum absolute atomic E-state index is 12.5. The first-order valence-corrected chi connectivity index (χ1v) is 14.3. The van der Waals surface area contributed by atoms with Gasteiger partial charge in [0, 0.05) is 62.0 Å². The highest BCUT2D eigenvalue weighted by atomic mass is 16.1. The van der Waals surface area contributed by atoms with Crippen LogP contribution in [-0.4, -0.2) is 57.1 Å². The summed E-state index contributed by atoms with van der Waals surface area (Å²) in [4.78, 5) is 31.7. The summed E-state index contributed by atoms with van der Waals surface area (Å²) in [6, 6.07) is 4.28. The highest BCUT2D eigenvalue weighted by Gasteiger charge is 2.23. The topological polar surface area (TPSA) is 67.2 Å². The van der Waals surface area contributed by atoms with Crippen LogP contribution in [0.4, 0.5) is 5.82 Å². The third kappa shape index (κ3) is 7.15. The van der Waals surface area contributed by atoms with Gasteiger partial charge in [-0.25, -0.2) is 14.8 Å². The maximum Gasteiger partial charge on any atom is 0.347 e. The van der Waals surface area contributed by atoms with Crippen molar-refractivity contribution in [2.45, 2.75) is 103 Å². The van der Waals surface area contributed by atoms with Gasteiger partial charge in [-0.1, -0.05) is 53.4 Å². The summed E-state index contributed by atoms with van der Waals surface area (Å²) < 4.78 is 1.79. The molecule has 0 atom stereocenters. The van der Waals surface area contributed by atoms with Gasteiger partial charge in [0.1, 0.15) is 11.6 Å². The Bertz CT molecular complexity index is 1030. The summed E-state index contributed by atoms with van der Waals surface area (Å²) >= 11 is 0. The molecule has 3 heterocycles. The van der Waals surface area contributed by atoms with E-state index in [4.69, 9.17) is 9.97 Å². The fourth-order valence-corrected chi connectivity index (χ4v) is 5.42. The first-order chi connectivity index (χ1) is 17.3. The Labute approximate surface area is 217 Å². The highest BCUT2D eigenvalue weighted by molar-refractivity contribution is 5.41. The summed E-state index contributed by atoms with van der Waals surface area (Å²) in [5, 5.41) is 0. The number of rotatable bonds is 9. The van der Waals surface area contributed by atoms with Gasteiger partial charge in [0.2, 0.25) is 0 Å². The minimum absolute atomic E-state index is 0.0476. The Hall–Kier alpha value is -2.28. The Morgan fingerprint density at radius 1 is 0.944 bits per heavy atom. The molecule has 1 saturated heterocycles. The van der Waals surface area contributed by atoms with Crippen molar-refractivity contribution >= 4 is 5.82 Å². The van der Waals surface area contributed by atoms with Crippen LogP contribution in [0.1, 0.15) is 102 Å². The zero-order valence-electron chi connectivity index (χ0n) is 23.0. The molecule has 7 nitrogen and oxygen atoms in total. The standard InChI is InChI=1S/C29H46N6O/c1-5-11-24-22-26(32-27(30-24)29(2,3)4)34-20-18-33(19-21-34)15-9-10-16-35-17-14-25(31-28(35)36)23-12-7-6-8-13-23/h14,17,22-23H,5-13,15-16,18-21H2,1-4H3. The average molecular weight is 495 g/mol. The SMILES string of the molecule is CCCc1cc(N2CCN(CCCCn3ccc(C4CCCCC4)nc3=O)CC2)nc(C(C)(C)C)n1. The molecule has 2 aromatic heterocycles. The Morgan fingerprint density at radius 2 is 1.67 bits per heavy atom. The summed E-state index contributed by atoms with van der Waals surface area (Å²) in [5.74, 6) is 2.52. The molecule has 36 heavy (non-hydrogen) atoms. The first-order valence-electron chi connectivity index (χ1n) is 14.3. The lowest BCUT2D eigenvalue weighted by molar-refractivity contribution is 0.250. The largest absolute Gasteiger partial charge is 0.354 e. The molecule has 1 saturated carbocycles. The van der Waals surface area contributed by atoms with Crippen molar-refractivity contribution in [1.29, 1.82) is 0 Å². The Morgan fingerprint density at radius 3 is 2.33 bits per heavy atom. The van der Waals surface area contributed by atoms with Crippen molar-refractivity contribution < 1.29 is 0 Å². The maximum atomic E-state index is 12.5. The molecule has 0 radical (unpaired) electrons. The van der Waals surface area contributed by atoms with Crippen molar-refractivity contribution in [3.05, 3.63) is 46.0 Å². The van der Waals surface area contributed by atoms with Crippen molar-refractivity contribution in [1.82, 2.24) is 24.4 Å². The molecule has 7 heteroatoms. The van der Waals surface area contributed by atoms with E-state index in [9.17, 15) is 4.79 Å². The number of anilines is 1. The third-order valence-electron chi connectivity index (χ3n) is 7.68. The number of hydrogen-bond acceptors (Lipinski definition) is 6. The van der Waals surface area contributed by atoms with Gasteiger partial charge >= 0.3 is 5.69 Å². The van der Waals surface area contributed by atoms with Gasteiger partial charge in [0.15, 0.2) is 0 Å². The minimum atomic E-state index is -0.0754. The van der Waals surface area contributed by atoms with Crippen molar-refractivity contribution in [3.63, 3.8) is 0 Å². The second-order valence-electron chi connectivity index (χ2n) is 11.7. The quantitative estimate of drug-likeness (QED) is 0.460. The van der Waals surface area contributed by atoms with E-state index in [0.29, 0.717) is 5.92 Å². The van der Waals surface area contributed by atoms with Crippen LogP contribution in [0.25, 0.3) is 0 Å². The Balaban J connectivity index is 1.23. The molecule has 198 valence electrons. The number of unbranched alkanes of at least 4 members (excludes halogenated alkanes) is 1. The number of aryl methyl sites for hydroxylation is 2. The van der Waals surface area contributed by atoms with Gasteiger partial charge < -0.3 is 4.90 Å². The van der Waals surface area contributed by atoms with Gasteiger partial charge in [0.25, 0.3) is 0 Å². The molecule has 0 spiro atoms. The molecule has 4 rings (SSSR count). The van der Waals surface area contributed by atoms with E-state index in [-0.39, 0.29) is 11.1 Å². The first kappa shape index (κ1) is 26.8. The summed E-state index contributed by atoms with van der Waals surface area (Å²) in [6.07, 6.45) is 12.4. The monoisotopic (exact) mass is 494 g/mol. The average Bonchev–Trinajstić information content (AvgIpc) is 2.88. The van der Waals surface area contributed by atoms with Gasteiger partial charge in [-0.3, -0.25) is 9.47 Å². The van der Waals surface area contributed by atoms with Crippen LogP contribution in [0, 0.1) is 0 Å². The summed E-state index contributed by atoms with van der Waals surface area (Å²) in [6.45, 7) is 14.7. The fourth-order valence-electron chi connectivity index (χ4n) is 5.42. The van der Waals surface area contributed by atoms with Crippen LogP contribution in [-0.2, 0) is 18.4 Å². The van der Waals surface area contributed by atoms with Gasteiger partial charge in [0.05, 0.1) is 5.69 Å². The number of hydrogen-bond donors (Lipinski definition) is 0. The molecule has 2 aromatic rings. The second-order valence-corrected chi connectivity index (χ2v) is 11.7. The third-order valence-corrected chi connectivity index (χ3v) is 7.68. The van der Waals surface area contributed by atoms with Crippen LogP contribution in [0.15, 0.2) is 23.1 Å². The fraction of sp³-hybridized carbons (Fsp3) is 0.724. The van der Waals surface area contributed by atoms with E-state index in [0.717, 1.165) is 88.0 Å². The molecule has 1 aliphatic heterocycles. The van der Waals surface area contributed by atoms with Gasteiger partial charge in [-0.15, -0.1) is 0 Å². The van der Waals surface area contributed by atoms with Crippen molar-refractivity contribution in [3.8, 4) is 0 Å². The number of nitrogens with zero attached hydrogens (tertiary/aromatic N) is 6. The van der Waals surface area contributed by atoms with Gasteiger partial charge in [-0.2, -0.15) is 4.98 Å². The van der Waals surface area contributed by atoms with Crippen molar-refractivity contribution in [2.24, 2.45) is 0 Å². The van der Waals surface area contributed by atoms with E-state index in [1.54, 1.807) is 4.57 Å². The van der Waals surface area contributed by atoms with E-state index < -0.39 is 0 Å². The van der Waals surface area contributed by atoms with Gasteiger partial charge in [-0.05, 0) is 44.7 Å². The predicted molar refractivity (Wildman–Crippen MR) is 147 cm³/mol. The summed E-state index contributed by atoms with van der Waals surface area (Å²) in [7, 11) is 0. The molecule has 0 bridgehead atoms. The molecule has 0 unspecified atom stereocenters. The molecule has 2 fully saturated rings. The molecule has 0 amide bonds. The highest BCUT2D eigenvalue weighted by Crippen LogP contribution is 2.30. The van der Waals surface area contributed by atoms with E-state index >= 15 is 0 Å². The van der Waals surface area contributed by atoms with Crippen LogP contribution in [0.2, 0.25) is 0 Å². The Kier molecular flexibility index (Phi) is 9.15. The lowest BCUT2D eigenvalue weighted by atomic mass is 9.87. The number of aromatic nitrogens is 4. The van der Waals surface area contributed by atoms with E-state index in [1.165, 1.54) is 32.1 Å². The smallest absolute Gasteiger partial charge is 0.347 e. The minimum Gasteiger partial charge on any atom is -0.354 e. The lowest BCUT2D eigenvalue weighted by Gasteiger charge is -2.36.